The highest BCUT2D eigenvalue weighted by atomic mass is 79.9. The lowest BCUT2D eigenvalue weighted by atomic mass is 10.0. The van der Waals surface area contributed by atoms with Crippen LogP contribution in [0.2, 0.25) is 0 Å². The van der Waals surface area contributed by atoms with Crippen molar-refractivity contribution >= 4 is 21.6 Å². The molecular formula is C19H23BrN2. The summed E-state index contributed by atoms with van der Waals surface area (Å²) in [4.78, 5) is 2.55. The molecule has 1 heterocycles. The Labute approximate surface area is 141 Å². The van der Waals surface area contributed by atoms with E-state index in [-0.39, 0.29) is 0 Å². The average molecular weight is 359 g/mol. The van der Waals surface area contributed by atoms with Crippen LogP contribution in [0.25, 0.3) is 0 Å². The second-order valence-electron chi connectivity index (χ2n) is 6.16. The second-order valence-corrected chi connectivity index (χ2v) is 7.01. The molecule has 22 heavy (non-hydrogen) atoms. The van der Waals surface area contributed by atoms with Crippen molar-refractivity contribution in [1.29, 1.82) is 0 Å². The Balaban J connectivity index is 1.51. The van der Waals surface area contributed by atoms with E-state index >= 15 is 0 Å². The molecule has 0 amide bonds. The van der Waals surface area contributed by atoms with E-state index in [0.717, 1.165) is 19.6 Å². The maximum atomic E-state index is 3.68. The first-order valence-electron chi connectivity index (χ1n) is 8.00. The molecule has 1 aliphatic rings. The van der Waals surface area contributed by atoms with Crippen molar-refractivity contribution in [2.24, 2.45) is 0 Å². The molecule has 0 bridgehead atoms. The maximum absolute atomic E-state index is 3.68. The van der Waals surface area contributed by atoms with Gasteiger partial charge in [-0.3, -0.25) is 4.90 Å². The molecule has 0 aliphatic carbocycles. The number of halogens is 1. The summed E-state index contributed by atoms with van der Waals surface area (Å²) in [6, 6.07) is 17.8. The maximum Gasteiger partial charge on any atom is 0.0344 e. The van der Waals surface area contributed by atoms with Crippen LogP contribution >= 0.6 is 15.9 Å². The zero-order valence-corrected chi connectivity index (χ0v) is 14.6. The zero-order chi connectivity index (χ0) is 15.4. The van der Waals surface area contributed by atoms with Crippen molar-refractivity contribution in [3.05, 3.63) is 64.1 Å². The van der Waals surface area contributed by atoms with E-state index in [1.54, 1.807) is 0 Å². The number of piperidine rings is 1. The summed E-state index contributed by atoms with van der Waals surface area (Å²) < 4.78 is 1.22. The third-order valence-electron chi connectivity index (χ3n) is 4.33. The van der Waals surface area contributed by atoms with Crippen molar-refractivity contribution in [3.8, 4) is 0 Å². The van der Waals surface area contributed by atoms with Crippen molar-refractivity contribution in [2.45, 2.75) is 32.4 Å². The Morgan fingerprint density at radius 3 is 2.59 bits per heavy atom. The van der Waals surface area contributed by atoms with Crippen LogP contribution in [-0.4, -0.2) is 24.0 Å². The van der Waals surface area contributed by atoms with Gasteiger partial charge in [-0.25, -0.2) is 0 Å². The highest BCUT2D eigenvalue weighted by Crippen LogP contribution is 2.22. The quantitative estimate of drug-likeness (QED) is 0.841. The number of likely N-dealkylation sites (tertiary alicyclic amines) is 1. The van der Waals surface area contributed by atoms with Gasteiger partial charge in [-0.1, -0.05) is 46.3 Å². The van der Waals surface area contributed by atoms with E-state index in [1.807, 2.05) is 0 Å². The van der Waals surface area contributed by atoms with Gasteiger partial charge in [0.2, 0.25) is 0 Å². The van der Waals surface area contributed by atoms with Crippen LogP contribution in [0.4, 0.5) is 5.69 Å². The summed E-state index contributed by atoms with van der Waals surface area (Å²) >= 11 is 3.65. The lowest BCUT2D eigenvalue weighted by Crippen LogP contribution is -2.38. The third-order valence-corrected chi connectivity index (χ3v) is 5.10. The first-order chi connectivity index (χ1) is 10.7. The highest BCUT2D eigenvalue weighted by Gasteiger charge is 2.19. The van der Waals surface area contributed by atoms with E-state index in [1.165, 1.54) is 34.1 Å². The van der Waals surface area contributed by atoms with Gasteiger partial charge in [-0.2, -0.15) is 0 Å². The first-order valence-corrected chi connectivity index (χ1v) is 8.79. The van der Waals surface area contributed by atoms with Gasteiger partial charge in [-0.15, -0.1) is 0 Å². The van der Waals surface area contributed by atoms with Crippen LogP contribution in [0.3, 0.4) is 0 Å². The summed E-state index contributed by atoms with van der Waals surface area (Å²) in [6.07, 6.45) is 2.41. The Kier molecular flexibility index (Phi) is 5.16. The molecule has 2 nitrogen and oxygen atoms in total. The number of rotatable bonds is 4. The number of nitrogens with one attached hydrogen (secondary N) is 1. The summed E-state index contributed by atoms with van der Waals surface area (Å²) in [7, 11) is 0. The smallest absolute Gasteiger partial charge is 0.0344 e. The molecule has 0 saturated carbocycles. The summed E-state index contributed by atoms with van der Waals surface area (Å²) in [5.41, 5.74) is 3.95. The molecule has 1 saturated heterocycles. The predicted molar refractivity (Wildman–Crippen MR) is 97.2 cm³/mol. The molecule has 116 valence electrons. The van der Waals surface area contributed by atoms with Crippen molar-refractivity contribution in [2.75, 3.05) is 18.4 Å². The number of hydrogen-bond acceptors (Lipinski definition) is 2. The molecule has 1 fully saturated rings. The fourth-order valence-electron chi connectivity index (χ4n) is 3.07. The molecule has 0 unspecified atom stereocenters. The van der Waals surface area contributed by atoms with Gasteiger partial charge in [0, 0.05) is 35.8 Å². The van der Waals surface area contributed by atoms with Gasteiger partial charge < -0.3 is 5.32 Å². The second kappa shape index (κ2) is 7.30. The summed E-state index contributed by atoms with van der Waals surface area (Å²) in [5.74, 6) is 0. The van der Waals surface area contributed by atoms with Gasteiger partial charge in [0.15, 0.2) is 0 Å². The number of nitrogens with zero attached hydrogens (tertiary/aromatic N) is 1. The van der Waals surface area contributed by atoms with Crippen molar-refractivity contribution in [3.63, 3.8) is 0 Å². The predicted octanol–water partition coefficient (Wildman–Crippen LogP) is 4.83. The molecular weight excluding hydrogens is 336 g/mol. The van der Waals surface area contributed by atoms with E-state index in [0.29, 0.717) is 6.04 Å². The highest BCUT2D eigenvalue weighted by molar-refractivity contribution is 9.10. The minimum atomic E-state index is 0.595. The molecule has 0 spiro atoms. The molecule has 0 radical (unpaired) electrons. The van der Waals surface area contributed by atoms with Gasteiger partial charge in [0.1, 0.15) is 0 Å². The van der Waals surface area contributed by atoms with Gasteiger partial charge in [0.25, 0.3) is 0 Å². The summed E-state index contributed by atoms with van der Waals surface area (Å²) in [6.45, 7) is 5.50. The van der Waals surface area contributed by atoms with Crippen LogP contribution in [0.15, 0.2) is 53.0 Å². The Morgan fingerprint density at radius 2 is 1.86 bits per heavy atom. The topological polar surface area (TPSA) is 15.3 Å². The standard InChI is InChI=1S/C19H23BrN2/c1-15-5-4-7-18(13-15)21-17-9-11-22(12-10-17)14-16-6-2-3-8-19(16)20/h2-8,13,17,21H,9-12,14H2,1H3. The Morgan fingerprint density at radius 1 is 1.09 bits per heavy atom. The normalized spacial score (nSPS) is 16.6. The van der Waals surface area contributed by atoms with Crippen LogP contribution in [0.5, 0.6) is 0 Å². The minimum Gasteiger partial charge on any atom is -0.382 e. The third kappa shape index (κ3) is 4.11. The van der Waals surface area contributed by atoms with Crippen LogP contribution < -0.4 is 5.32 Å². The first kappa shape index (κ1) is 15.6. The van der Waals surface area contributed by atoms with Crippen molar-refractivity contribution < 1.29 is 0 Å². The Hall–Kier alpha value is -1.32. The zero-order valence-electron chi connectivity index (χ0n) is 13.1. The molecule has 0 atom stereocenters. The molecule has 3 heteroatoms. The molecule has 1 aliphatic heterocycles. The van der Waals surface area contributed by atoms with Gasteiger partial charge in [0.05, 0.1) is 0 Å². The van der Waals surface area contributed by atoms with Crippen molar-refractivity contribution in [1.82, 2.24) is 4.90 Å². The van der Waals surface area contributed by atoms with E-state index in [9.17, 15) is 0 Å². The number of benzene rings is 2. The van der Waals surface area contributed by atoms with Crippen LogP contribution in [-0.2, 0) is 6.54 Å². The molecule has 2 aromatic carbocycles. The SMILES string of the molecule is Cc1cccc(NC2CCN(Cc3ccccc3Br)CC2)c1. The Bertz CT molecular complexity index is 618. The number of hydrogen-bond donors (Lipinski definition) is 1. The van der Waals surface area contributed by atoms with Gasteiger partial charge in [-0.05, 0) is 49.1 Å². The van der Waals surface area contributed by atoms with E-state index in [2.05, 4.69) is 81.6 Å². The fraction of sp³-hybridized carbons (Fsp3) is 0.368. The van der Waals surface area contributed by atoms with Gasteiger partial charge >= 0.3 is 0 Å². The molecule has 3 rings (SSSR count). The molecule has 0 aromatic heterocycles. The number of anilines is 1. The lowest BCUT2D eigenvalue weighted by Gasteiger charge is -2.33. The number of aryl methyl sites for hydroxylation is 1. The molecule has 1 N–H and O–H groups in total. The molecule has 2 aromatic rings. The van der Waals surface area contributed by atoms with E-state index in [4.69, 9.17) is 0 Å². The minimum absolute atomic E-state index is 0.595. The lowest BCUT2D eigenvalue weighted by molar-refractivity contribution is 0.211. The fourth-order valence-corrected chi connectivity index (χ4v) is 3.48. The summed E-state index contributed by atoms with van der Waals surface area (Å²) in [5, 5.41) is 3.68. The average Bonchev–Trinajstić information content (AvgIpc) is 2.52. The van der Waals surface area contributed by atoms with Crippen LogP contribution in [0.1, 0.15) is 24.0 Å². The van der Waals surface area contributed by atoms with E-state index < -0.39 is 0 Å². The monoisotopic (exact) mass is 358 g/mol. The van der Waals surface area contributed by atoms with Crippen LogP contribution in [0, 0.1) is 6.92 Å². The largest absolute Gasteiger partial charge is 0.382 e.